The Labute approximate surface area is 121 Å². The van der Waals surface area contributed by atoms with Crippen molar-refractivity contribution in [1.29, 1.82) is 0 Å². The highest BCUT2D eigenvalue weighted by Crippen LogP contribution is 2.23. The predicted molar refractivity (Wildman–Crippen MR) is 76.8 cm³/mol. The smallest absolute Gasteiger partial charge is 0.214 e. The second-order valence-electron chi connectivity index (χ2n) is 3.84. The van der Waals surface area contributed by atoms with Gasteiger partial charge in [0.15, 0.2) is 0 Å². The molecule has 94 valence electrons. The number of halogens is 1. The summed E-state index contributed by atoms with van der Waals surface area (Å²) in [7, 11) is 0. The first-order valence-corrected chi connectivity index (χ1v) is 7.18. The molecular weight excluding hydrogens is 326 g/mol. The van der Waals surface area contributed by atoms with Crippen LogP contribution in [0.3, 0.4) is 0 Å². The average molecular weight is 334 g/mol. The number of hydrogen-bond acceptors (Lipinski definition) is 4. The number of nitrogens with zero attached hydrogens (tertiary/aromatic N) is 3. The zero-order valence-corrected chi connectivity index (χ0v) is 12.1. The maximum absolute atomic E-state index is 12.4. The molecule has 6 heteroatoms. The first-order chi connectivity index (χ1) is 9.25. The van der Waals surface area contributed by atoms with E-state index in [1.54, 1.807) is 10.7 Å². The summed E-state index contributed by atoms with van der Waals surface area (Å²) in [5.41, 5.74) is 1.91. The molecule has 2 heterocycles. The summed E-state index contributed by atoms with van der Waals surface area (Å²) in [6.45, 7) is 0. The maximum Gasteiger partial charge on any atom is 0.214 e. The molecule has 2 aromatic heterocycles. The molecule has 1 aromatic carbocycles. The highest BCUT2D eigenvalue weighted by Gasteiger charge is 2.17. The van der Waals surface area contributed by atoms with Crippen LogP contribution in [0.25, 0.3) is 5.69 Å². The van der Waals surface area contributed by atoms with Gasteiger partial charge >= 0.3 is 0 Å². The van der Waals surface area contributed by atoms with Crippen LogP contribution in [-0.4, -0.2) is 20.8 Å². The molecule has 0 N–H and O–H groups in total. The average Bonchev–Trinajstić information content (AvgIpc) is 3.07. The third kappa shape index (κ3) is 2.36. The zero-order chi connectivity index (χ0) is 13.2. The molecule has 0 aliphatic heterocycles. The SMILES string of the molecule is O=C(c1csc(Br)c1)c1cnnn1-c1ccccc1. The molecule has 0 atom stereocenters. The lowest BCUT2D eigenvalue weighted by molar-refractivity contribution is 0.103. The summed E-state index contributed by atoms with van der Waals surface area (Å²) in [5.74, 6) is -0.0872. The molecule has 0 amide bonds. The number of rotatable bonds is 3. The van der Waals surface area contributed by atoms with E-state index in [1.165, 1.54) is 17.5 Å². The quantitative estimate of drug-likeness (QED) is 0.691. The first-order valence-electron chi connectivity index (χ1n) is 5.50. The molecule has 0 spiro atoms. The normalized spacial score (nSPS) is 10.6. The van der Waals surface area contributed by atoms with Crippen molar-refractivity contribution in [3.05, 3.63) is 63.0 Å². The summed E-state index contributed by atoms with van der Waals surface area (Å²) < 4.78 is 2.48. The van der Waals surface area contributed by atoms with Crippen molar-refractivity contribution in [2.24, 2.45) is 0 Å². The van der Waals surface area contributed by atoms with Crippen LogP contribution >= 0.6 is 27.3 Å². The third-order valence-corrected chi connectivity index (χ3v) is 4.12. The van der Waals surface area contributed by atoms with E-state index in [2.05, 4.69) is 26.2 Å². The van der Waals surface area contributed by atoms with Crippen molar-refractivity contribution in [2.45, 2.75) is 0 Å². The number of aromatic nitrogens is 3. The van der Waals surface area contributed by atoms with E-state index in [9.17, 15) is 4.79 Å². The van der Waals surface area contributed by atoms with Gasteiger partial charge in [-0.1, -0.05) is 23.4 Å². The van der Waals surface area contributed by atoms with E-state index in [0.29, 0.717) is 11.3 Å². The highest BCUT2D eigenvalue weighted by atomic mass is 79.9. The molecule has 0 aliphatic rings. The van der Waals surface area contributed by atoms with Crippen molar-refractivity contribution >= 4 is 33.0 Å². The minimum atomic E-state index is -0.0872. The lowest BCUT2D eigenvalue weighted by Gasteiger charge is -2.03. The lowest BCUT2D eigenvalue weighted by Crippen LogP contribution is -2.09. The molecule has 3 rings (SSSR count). The highest BCUT2D eigenvalue weighted by molar-refractivity contribution is 9.11. The Morgan fingerprint density at radius 3 is 2.74 bits per heavy atom. The summed E-state index contributed by atoms with van der Waals surface area (Å²) in [6, 6.07) is 11.3. The molecule has 0 aliphatic carbocycles. The van der Waals surface area contributed by atoms with Gasteiger partial charge in [-0.2, -0.15) is 0 Å². The zero-order valence-electron chi connectivity index (χ0n) is 9.65. The fourth-order valence-electron chi connectivity index (χ4n) is 1.73. The predicted octanol–water partition coefficient (Wildman–Crippen LogP) is 3.32. The van der Waals surface area contributed by atoms with Gasteiger partial charge in [-0.3, -0.25) is 4.79 Å². The van der Waals surface area contributed by atoms with Gasteiger partial charge in [-0.15, -0.1) is 16.4 Å². The summed E-state index contributed by atoms with van der Waals surface area (Å²) in [6.07, 6.45) is 1.49. The van der Waals surface area contributed by atoms with E-state index in [0.717, 1.165) is 9.47 Å². The topological polar surface area (TPSA) is 47.8 Å². The van der Waals surface area contributed by atoms with Crippen LogP contribution in [0.2, 0.25) is 0 Å². The largest absolute Gasteiger partial charge is 0.287 e. The van der Waals surface area contributed by atoms with E-state index in [4.69, 9.17) is 0 Å². The van der Waals surface area contributed by atoms with Crippen LogP contribution < -0.4 is 0 Å². The fraction of sp³-hybridized carbons (Fsp3) is 0. The van der Waals surface area contributed by atoms with Gasteiger partial charge in [0.2, 0.25) is 5.78 Å². The molecule has 0 unspecified atom stereocenters. The van der Waals surface area contributed by atoms with Crippen LogP contribution in [-0.2, 0) is 0 Å². The van der Waals surface area contributed by atoms with Gasteiger partial charge in [0.05, 0.1) is 15.7 Å². The summed E-state index contributed by atoms with van der Waals surface area (Å²) >= 11 is 4.83. The summed E-state index contributed by atoms with van der Waals surface area (Å²) in [5, 5.41) is 9.63. The number of thiophene rings is 1. The van der Waals surface area contributed by atoms with E-state index < -0.39 is 0 Å². The molecule has 19 heavy (non-hydrogen) atoms. The number of carbonyl (C=O) groups is 1. The van der Waals surface area contributed by atoms with Crippen LogP contribution in [0.1, 0.15) is 16.1 Å². The first kappa shape index (κ1) is 12.3. The number of hydrogen-bond donors (Lipinski definition) is 0. The molecule has 0 saturated heterocycles. The monoisotopic (exact) mass is 333 g/mol. The Morgan fingerprint density at radius 2 is 2.05 bits per heavy atom. The lowest BCUT2D eigenvalue weighted by atomic mass is 10.2. The number of benzene rings is 1. The van der Waals surface area contributed by atoms with Crippen LogP contribution in [0.5, 0.6) is 0 Å². The number of carbonyl (C=O) groups excluding carboxylic acids is 1. The molecule has 0 fully saturated rings. The van der Waals surface area contributed by atoms with E-state index >= 15 is 0 Å². The third-order valence-electron chi connectivity index (χ3n) is 2.61. The van der Waals surface area contributed by atoms with Crippen molar-refractivity contribution in [3.8, 4) is 5.69 Å². The van der Waals surface area contributed by atoms with Crippen LogP contribution in [0, 0.1) is 0 Å². The number of para-hydroxylation sites is 1. The van der Waals surface area contributed by atoms with Gasteiger partial charge in [0, 0.05) is 10.9 Å². The van der Waals surface area contributed by atoms with Crippen LogP contribution in [0.15, 0.2) is 51.8 Å². The Morgan fingerprint density at radius 1 is 1.26 bits per heavy atom. The van der Waals surface area contributed by atoms with Crippen molar-refractivity contribution < 1.29 is 4.79 Å². The summed E-state index contributed by atoms with van der Waals surface area (Å²) in [4.78, 5) is 12.4. The molecule has 4 nitrogen and oxygen atoms in total. The minimum absolute atomic E-state index is 0.0872. The molecule has 3 aromatic rings. The second kappa shape index (κ2) is 5.07. The van der Waals surface area contributed by atoms with Crippen molar-refractivity contribution in [3.63, 3.8) is 0 Å². The van der Waals surface area contributed by atoms with Gasteiger partial charge in [0.25, 0.3) is 0 Å². The molecule has 0 radical (unpaired) electrons. The maximum atomic E-state index is 12.4. The molecule has 0 saturated carbocycles. The van der Waals surface area contributed by atoms with Gasteiger partial charge in [-0.25, -0.2) is 4.68 Å². The van der Waals surface area contributed by atoms with Crippen molar-refractivity contribution in [2.75, 3.05) is 0 Å². The fourth-order valence-corrected chi connectivity index (χ4v) is 2.86. The van der Waals surface area contributed by atoms with Gasteiger partial charge in [-0.05, 0) is 34.1 Å². The van der Waals surface area contributed by atoms with Gasteiger partial charge in [0.1, 0.15) is 5.69 Å². The van der Waals surface area contributed by atoms with Gasteiger partial charge < -0.3 is 0 Å². The molecular formula is C13H8BrN3OS. The van der Waals surface area contributed by atoms with Crippen LogP contribution in [0.4, 0.5) is 0 Å². The second-order valence-corrected chi connectivity index (χ2v) is 6.13. The Balaban J connectivity index is 2.03. The Bertz CT molecular complexity index is 720. The number of ketones is 1. The Kier molecular flexibility index (Phi) is 3.27. The van der Waals surface area contributed by atoms with E-state index in [1.807, 2.05) is 35.7 Å². The molecule has 0 bridgehead atoms. The Hall–Kier alpha value is -1.79. The standard InChI is InChI=1S/C13H8BrN3OS/c14-12-6-9(8-19-12)13(18)11-7-15-16-17(11)10-4-2-1-3-5-10/h1-8H. The van der Waals surface area contributed by atoms with Crippen molar-refractivity contribution in [1.82, 2.24) is 15.0 Å². The van der Waals surface area contributed by atoms with E-state index in [-0.39, 0.29) is 5.78 Å². The minimum Gasteiger partial charge on any atom is -0.287 e.